The van der Waals surface area contributed by atoms with Crippen LogP contribution in [0.5, 0.6) is 0 Å². The first-order valence-corrected chi connectivity index (χ1v) is 5.84. The van der Waals surface area contributed by atoms with Gasteiger partial charge in [-0.2, -0.15) is 0 Å². The SMILES string of the molecule is Cc1nc(CCl)sc1-c1cccc(F)c1. The second-order valence-electron chi connectivity index (χ2n) is 3.17. The van der Waals surface area contributed by atoms with E-state index in [1.165, 1.54) is 23.5 Å². The van der Waals surface area contributed by atoms with Gasteiger partial charge in [0.2, 0.25) is 0 Å². The molecule has 0 spiro atoms. The summed E-state index contributed by atoms with van der Waals surface area (Å²) >= 11 is 7.22. The molecule has 2 aromatic rings. The van der Waals surface area contributed by atoms with E-state index in [-0.39, 0.29) is 5.82 Å². The molecule has 0 saturated carbocycles. The zero-order valence-electron chi connectivity index (χ0n) is 8.13. The van der Waals surface area contributed by atoms with Gasteiger partial charge in [-0.1, -0.05) is 12.1 Å². The van der Waals surface area contributed by atoms with E-state index in [0.29, 0.717) is 5.88 Å². The zero-order valence-corrected chi connectivity index (χ0v) is 9.70. The molecule has 1 nitrogen and oxygen atoms in total. The molecule has 0 bridgehead atoms. The molecule has 4 heteroatoms. The highest BCUT2D eigenvalue weighted by Crippen LogP contribution is 2.30. The Bertz CT molecular complexity index is 481. The first-order chi connectivity index (χ1) is 7.20. The number of alkyl halides is 1. The number of aromatic nitrogens is 1. The second-order valence-corrected chi connectivity index (χ2v) is 4.52. The molecular weight excluding hydrogens is 233 g/mol. The van der Waals surface area contributed by atoms with Crippen molar-refractivity contribution in [2.45, 2.75) is 12.8 Å². The number of rotatable bonds is 2. The van der Waals surface area contributed by atoms with Crippen LogP contribution in [0.1, 0.15) is 10.7 Å². The first kappa shape index (κ1) is 10.6. The Morgan fingerprint density at radius 2 is 2.27 bits per heavy atom. The van der Waals surface area contributed by atoms with Crippen molar-refractivity contribution in [3.8, 4) is 10.4 Å². The average Bonchev–Trinajstić information content (AvgIpc) is 2.60. The zero-order chi connectivity index (χ0) is 10.8. The fourth-order valence-corrected chi connectivity index (χ4v) is 2.54. The number of nitrogens with zero attached hydrogens (tertiary/aromatic N) is 1. The molecule has 0 aliphatic rings. The standard InChI is InChI=1S/C11H9ClFNS/c1-7-11(15-10(6-12)14-7)8-3-2-4-9(13)5-8/h2-5H,6H2,1H3. The van der Waals surface area contributed by atoms with Gasteiger partial charge < -0.3 is 0 Å². The molecule has 2 rings (SSSR count). The molecule has 1 heterocycles. The summed E-state index contributed by atoms with van der Waals surface area (Å²) in [5, 5.41) is 0.869. The van der Waals surface area contributed by atoms with Gasteiger partial charge in [0.25, 0.3) is 0 Å². The third kappa shape index (κ3) is 2.19. The van der Waals surface area contributed by atoms with Crippen molar-refractivity contribution >= 4 is 22.9 Å². The number of thiazole rings is 1. The summed E-state index contributed by atoms with van der Waals surface area (Å²) in [7, 11) is 0. The third-order valence-electron chi connectivity index (χ3n) is 2.04. The van der Waals surface area contributed by atoms with Crippen LogP contribution in [0, 0.1) is 12.7 Å². The molecule has 0 radical (unpaired) electrons. The molecule has 1 aromatic heterocycles. The normalized spacial score (nSPS) is 10.6. The topological polar surface area (TPSA) is 12.9 Å². The van der Waals surface area contributed by atoms with Gasteiger partial charge in [0.1, 0.15) is 10.8 Å². The highest BCUT2D eigenvalue weighted by atomic mass is 35.5. The minimum atomic E-state index is -0.229. The highest BCUT2D eigenvalue weighted by molar-refractivity contribution is 7.15. The van der Waals surface area contributed by atoms with Gasteiger partial charge in [-0.25, -0.2) is 9.37 Å². The van der Waals surface area contributed by atoms with Crippen LogP contribution in [0.3, 0.4) is 0 Å². The summed E-state index contributed by atoms with van der Waals surface area (Å²) < 4.78 is 13.0. The van der Waals surface area contributed by atoms with Crippen molar-refractivity contribution < 1.29 is 4.39 Å². The molecule has 15 heavy (non-hydrogen) atoms. The van der Waals surface area contributed by atoms with Crippen LogP contribution in [0.4, 0.5) is 4.39 Å². The third-order valence-corrected chi connectivity index (χ3v) is 3.66. The Kier molecular flexibility index (Phi) is 3.03. The van der Waals surface area contributed by atoms with Crippen LogP contribution in [0.15, 0.2) is 24.3 Å². The van der Waals surface area contributed by atoms with E-state index in [2.05, 4.69) is 4.98 Å². The summed E-state index contributed by atoms with van der Waals surface area (Å²) in [5.41, 5.74) is 1.77. The highest BCUT2D eigenvalue weighted by Gasteiger charge is 2.09. The van der Waals surface area contributed by atoms with Gasteiger partial charge in [0, 0.05) is 0 Å². The predicted molar refractivity (Wildman–Crippen MR) is 61.8 cm³/mol. The van der Waals surface area contributed by atoms with Gasteiger partial charge in [0.05, 0.1) is 16.5 Å². The van der Waals surface area contributed by atoms with E-state index < -0.39 is 0 Å². The molecule has 0 amide bonds. The van der Waals surface area contributed by atoms with Crippen molar-refractivity contribution in [2.75, 3.05) is 0 Å². The summed E-state index contributed by atoms with van der Waals surface area (Å²) in [6.07, 6.45) is 0. The summed E-state index contributed by atoms with van der Waals surface area (Å²) in [6, 6.07) is 6.52. The van der Waals surface area contributed by atoms with E-state index in [1.807, 2.05) is 13.0 Å². The van der Waals surface area contributed by atoms with Crippen molar-refractivity contribution in [1.29, 1.82) is 0 Å². The molecule has 1 aromatic carbocycles. The smallest absolute Gasteiger partial charge is 0.123 e. The lowest BCUT2D eigenvalue weighted by Crippen LogP contribution is -1.79. The summed E-state index contributed by atoms with van der Waals surface area (Å²) in [5.74, 6) is 0.175. The molecule has 0 unspecified atom stereocenters. The van der Waals surface area contributed by atoms with Gasteiger partial charge in [-0.3, -0.25) is 0 Å². The molecule has 0 N–H and O–H groups in total. The number of benzene rings is 1. The second kappa shape index (κ2) is 4.29. The van der Waals surface area contributed by atoms with Crippen LogP contribution in [0.25, 0.3) is 10.4 Å². The largest absolute Gasteiger partial charge is 0.245 e. The molecule has 0 saturated heterocycles. The number of aryl methyl sites for hydroxylation is 1. The van der Waals surface area contributed by atoms with Crippen molar-refractivity contribution in [2.24, 2.45) is 0 Å². The number of hydrogen-bond donors (Lipinski definition) is 0. The minimum absolute atomic E-state index is 0.229. The van der Waals surface area contributed by atoms with Gasteiger partial charge in [0.15, 0.2) is 0 Å². The van der Waals surface area contributed by atoms with E-state index in [1.54, 1.807) is 6.07 Å². The van der Waals surface area contributed by atoms with Crippen molar-refractivity contribution in [1.82, 2.24) is 4.98 Å². The quantitative estimate of drug-likeness (QED) is 0.725. The van der Waals surface area contributed by atoms with Crippen LogP contribution in [0.2, 0.25) is 0 Å². The Morgan fingerprint density at radius 1 is 1.47 bits per heavy atom. The maximum absolute atomic E-state index is 13.0. The fraction of sp³-hybridized carbons (Fsp3) is 0.182. The number of hydrogen-bond acceptors (Lipinski definition) is 2. The number of halogens is 2. The Balaban J connectivity index is 2.48. The lowest BCUT2D eigenvalue weighted by Gasteiger charge is -1.97. The molecular formula is C11H9ClFNS. The van der Waals surface area contributed by atoms with E-state index >= 15 is 0 Å². The maximum atomic E-state index is 13.0. The monoisotopic (exact) mass is 241 g/mol. The lowest BCUT2D eigenvalue weighted by atomic mass is 10.1. The van der Waals surface area contributed by atoms with Crippen LogP contribution < -0.4 is 0 Å². The Morgan fingerprint density at radius 3 is 2.87 bits per heavy atom. The van der Waals surface area contributed by atoms with Gasteiger partial charge in [-0.15, -0.1) is 22.9 Å². The average molecular weight is 242 g/mol. The van der Waals surface area contributed by atoms with Crippen LogP contribution in [-0.2, 0) is 5.88 Å². The molecule has 78 valence electrons. The van der Waals surface area contributed by atoms with Crippen molar-refractivity contribution in [3.63, 3.8) is 0 Å². The Labute approximate surface area is 96.5 Å². The molecule has 0 aliphatic carbocycles. The van der Waals surface area contributed by atoms with E-state index in [4.69, 9.17) is 11.6 Å². The Hall–Kier alpha value is -0.930. The molecule has 0 fully saturated rings. The first-order valence-electron chi connectivity index (χ1n) is 4.49. The fourth-order valence-electron chi connectivity index (χ4n) is 1.41. The van der Waals surface area contributed by atoms with Gasteiger partial charge >= 0.3 is 0 Å². The summed E-state index contributed by atoms with van der Waals surface area (Å²) in [6.45, 7) is 1.91. The van der Waals surface area contributed by atoms with Gasteiger partial charge in [-0.05, 0) is 24.6 Å². The predicted octanol–water partition coefficient (Wildman–Crippen LogP) is 4.00. The lowest BCUT2D eigenvalue weighted by molar-refractivity contribution is 0.628. The van der Waals surface area contributed by atoms with Crippen LogP contribution in [-0.4, -0.2) is 4.98 Å². The molecule has 0 aliphatic heterocycles. The van der Waals surface area contributed by atoms with Crippen molar-refractivity contribution in [3.05, 3.63) is 40.8 Å². The summed E-state index contributed by atoms with van der Waals surface area (Å²) in [4.78, 5) is 5.29. The minimum Gasteiger partial charge on any atom is -0.245 e. The van der Waals surface area contributed by atoms with Crippen LogP contribution >= 0.6 is 22.9 Å². The molecule has 0 atom stereocenters. The van der Waals surface area contributed by atoms with E-state index in [9.17, 15) is 4.39 Å². The van der Waals surface area contributed by atoms with E-state index in [0.717, 1.165) is 21.1 Å². The maximum Gasteiger partial charge on any atom is 0.123 e.